The van der Waals surface area contributed by atoms with Crippen molar-refractivity contribution in [1.29, 1.82) is 0 Å². The van der Waals surface area contributed by atoms with Crippen molar-refractivity contribution in [1.82, 2.24) is 9.97 Å². The first-order chi connectivity index (χ1) is 21.2. The average Bonchev–Trinajstić information content (AvgIpc) is 3.07. The van der Waals surface area contributed by atoms with Gasteiger partial charge in [0.25, 0.3) is 0 Å². The zero-order valence-electron chi connectivity index (χ0n) is 23.8. The number of aromatic nitrogens is 2. The third-order valence-electron chi connectivity index (χ3n) is 8.42. The van der Waals surface area contributed by atoms with Crippen molar-refractivity contribution in [3.8, 4) is 44.9 Å². The first-order valence-electron chi connectivity index (χ1n) is 14.7. The van der Waals surface area contributed by atoms with Crippen LogP contribution in [0, 0.1) is 6.92 Å². The van der Waals surface area contributed by atoms with E-state index in [1.165, 1.54) is 54.6 Å². The van der Waals surface area contributed by atoms with E-state index >= 15 is 0 Å². The maximum Gasteiger partial charge on any atom is 0.0915 e. The molecule has 0 saturated heterocycles. The minimum absolute atomic E-state index is 0.892. The van der Waals surface area contributed by atoms with Gasteiger partial charge in [0.15, 0.2) is 0 Å². The van der Waals surface area contributed by atoms with Crippen LogP contribution in [0.25, 0.3) is 77.2 Å². The predicted molar refractivity (Wildman–Crippen MR) is 181 cm³/mol. The topological polar surface area (TPSA) is 25.8 Å². The van der Waals surface area contributed by atoms with Crippen molar-refractivity contribution in [3.05, 3.63) is 157 Å². The van der Waals surface area contributed by atoms with E-state index in [0.29, 0.717) is 0 Å². The highest BCUT2D eigenvalue weighted by atomic mass is 14.8. The molecule has 0 N–H and O–H groups in total. The quantitative estimate of drug-likeness (QED) is 0.204. The molecular formula is C41H28N2. The van der Waals surface area contributed by atoms with Gasteiger partial charge < -0.3 is 0 Å². The standard InChI is InChI=1S/C41H28N2/c1-27-11-10-24-42-41(27)38-19-9-18-37(43-38)31-22-20-30-26-32(23-21-29(30)25-31)40-35-16-7-5-14-33(35)39(28-12-3-2-4-13-28)34-15-6-8-17-36(34)40/h2-26H,1H3. The number of pyridine rings is 2. The molecule has 2 heterocycles. The summed E-state index contributed by atoms with van der Waals surface area (Å²) in [6.07, 6.45) is 1.83. The smallest absolute Gasteiger partial charge is 0.0915 e. The van der Waals surface area contributed by atoms with Crippen LogP contribution in [0.1, 0.15) is 5.56 Å². The molecule has 0 aliphatic carbocycles. The molecule has 2 heteroatoms. The van der Waals surface area contributed by atoms with Crippen molar-refractivity contribution in [2.24, 2.45) is 0 Å². The molecular weight excluding hydrogens is 520 g/mol. The maximum absolute atomic E-state index is 4.99. The van der Waals surface area contributed by atoms with E-state index in [-0.39, 0.29) is 0 Å². The summed E-state index contributed by atoms with van der Waals surface area (Å²) >= 11 is 0. The molecule has 0 aliphatic heterocycles. The van der Waals surface area contributed by atoms with E-state index < -0.39 is 0 Å². The predicted octanol–water partition coefficient (Wildman–Crippen LogP) is 10.9. The molecule has 0 amide bonds. The molecule has 0 aliphatic rings. The molecule has 0 unspecified atom stereocenters. The van der Waals surface area contributed by atoms with Gasteiger partial charge in [0.05, 0.1) is 17.1 Å². The van der Waals surface area contributed by atoms with E-state index in [2.05, 4.69) is 145 Å². The molecule has 0 atom stereocenters. The molecule has 0 saturated carbocycles. The van der Waals surface area contributed by atoms with E-state index in [4.69, 9.17) is 4.98 Å². The highest BCUT2D eigenvalue weighted by Gasteiger charge is 2.16. The number of rotatable bonds is 4. The number of fused-ring (bicyclic) bond motifs is 3. The van der Waals surface area contributed by atoms with Crippen LogP contribution >= 0.6 is 0 Å². The monoisotopic (exact) mass is 548 g/mol. The van der Waals surface area contributed by atoms with Gasteiger partial charge in [-0.15, -0.1) is 0 Å². The van der Waals surface area contributed by atoms with Gasteiger partial charge in [-0.3, -0.25) is 4.98 Å². The van der Waals surface area contributed by atoms with E-state index in [1.807, 2.05) is 18.3 Å². The second kappa shape index (κ2) is 10.3. The lowest BCUT2D eigenvalue weighted by molar-refractivity contribution is 1.22. The van der Waals surface area contributed by atoms with Crippen LogP contribution in [-0.2, 0) is 0 Å². The summed E-state index contributed by atoms with van der Waals surface area (Å²) in [7, 11) is 0. The highest BCUT2D eigenvalue weighted by Crippen LogP contribution is 2.44. The summed E-state index contributed by atoms with van der Waals surface area (Å²) in [4.78, 5) is 9.56. The fourth-order valence-corrected chi connectivity index (χ4v) is 6.40. The largest absolute Gasteiger partial charge is 0.254 e. The van der Waals surface area contributed by atoms with Gasteiger partial charge in [-0.25, -0.2) is 4.98 Å². The van der Waals surface area contributed by atoms with Crippen molar-refractivity contribution in [2.45, 2.75) is 6.92 Å². The van der Waals surface area contributed by atoms with E-state index in [0.717, 1.165) is 28.2 Å². The molecule has 0 fully saturated rings. The van der Waals surface area contributed by atoms with Crippen LogP contribution in [0.3, 0.4) is 0 Å². The Morgan fingerprint density at radius 3 is 1.63 bits per heavy atom. The second-order valence-electron chi connectivity index (χ2n) is 11.1. The number of hydrogen-bond donors (Lipinski definition) is 0. The van der Waals surface area contributed by atoms with Crippen molar-refractivity contribution >= 4 is 32.3 Å². The molecule has 0 radical (unpaired) electrons. The first kappa shape index (κ1) is 25.1. The zero-order chi connectivity index (χ0) is 28.8. The molecule has 43 heavy (non-hydrogen) atoms. The summed E-state index contributed by atoms with van der Waals surface area (Å²) in [6, 6.07) is 52.1. The fourth-order valence-electron chi connectivity index (χ4n) is 6.40. The van der Waals surface area contributed by atoms with Gasteiger partial charge >= 0.3 is 0 Å². The molecule has 2 nitrogen and oxygen atoms in total. The Morgan fingerprint density at radius 2 is 0.977 bits per heavy atom. The number of hydrogen-bond acceptors (Lipinski definition) is 2. The Morgan fingerprint density at radius 1 is 0.419 bits per heavy atom. The Labute approximate surface area is 251 Å². The van der Waals surface area contributed by atoms with Gasteiger partial charge in [0.2, 0.25) is 0 Å². The van der Waals surface area contributed by atoms with Crippen molar-refractivity contribution < 1.29 is 0 Å². The highest BCUT2D eigenvalue weighted by molar-refractivity contribution is 6.21. The Bertz CT molecular complexity index is 2240. The summed E-state index contributed by atoms with van der Waals surface area (Å²) < 4.78 is 0. The summed E-state index contributed by atoms with van der Waals surface area (Å²) in [5.74, 6) is 0. The van der Waals surface area contributed by atoms with E-state index in [9.17, 15) is 0 Å². The van der Waals surface area contributed by atoms with Crippen molar-refractivity contribution in [3.63, 3.8) is 0 Å². The Hall–Kier alpha value is -5.60. The number of benzene rings is 6. The lowest BCUT2D eigenvalue weighted by Crippen LogP contribution is -1.92. The van der Waals surface area contributed by atoms with Gasteiger partial charge in [-0.05, 0) is 97.4 Å². The lowest BCUT2D eigenvalue weighted by atomic mass is 9.85. The van der Waals surface area contributed by atoms with Gasteiger partial charge in [0.1, 0.15) is 0 Å². The van der Waals surface area contributed by atoms with Crippen LogP contribution in [0.2, 0.25) is 0 Å². The SMILES string of the molecule is Cc1cccnc1-c1cccc(-c2ccc3cc(-c4c5ccccc5c(-c5ccccc5)c5ccccc45)ccc3c2)n1. The van der Waals surface area contributed by atoms with Crippen LogP contribution in [0.4, 0.5) is 0 Å². The summed E-state index contributed by atoms with van der Waals surface area (Å²) in [5, 5.41) is 7.47. The van der Waals surface area contributed by atoms with Crippen molar-refractivity contribution in [2.75, 3.05) is 0 Å². The zero-order valence-corrected chi connectivity index (χ0v) is 23.8. The minimum atomic E-state index is 0.892. The molecule has 0 spiro atoms. The van der Waals surface area contributed by atoms with Gasteiger partial charge in [0, 0.05) is 11.8 Å². The van der Waals surface area contributed by atoms with Gasteiger partial charge in [-0.1, -0.05) is 115 Å². The molecule has 0 bridgehead atoms. The normalized spacial score (nSPS) is 11.4. The van der Waals surface area contributed by atoms with Crippen LogP contribution in [-0.4, -0.2) is 9.97 Å². The lowest BCUT2D eigenvalue weighted by Gasteiger charge is -2.18. The Balaban J connectivity index is 1.27. The second-order valence-corrected chi connectivity index (χ2v) is 11.1. The number of nitrogens with zero attached hydrogens (tertiary/aromatic N) is 2. The molecule has 2 aromatic heterocycles. The summed E-state index contributed by atoms with van der Waals surface area (Å²) in [6.45, 7) is 2.08. The minimum Gasteiger partial charge on any atom is -0.254 e. The molecule has 8 aromatic rings. The van der Waals surface area contributed by atoms with Crippen LogP contribution < -0.4 is 0 Å². The van der Waals surface area contributed by atoms with Crippen LogP contribution in [0.15, 0.2) is 152 Å². The van der Waals surface area contributed by atoms with Gasteiger partial charge in [-0.2, -0.15) is 0 Å². The third kappa shape index (κ3) is 4.36. The fraction of sp³-hybridized carbons (Fsp3) is 0.0244. The van der Waals surface area contributed by atoms with E-state index in [1.54, 1.807) is 0 Å². The third-order valence-corrected chi connectivity index (χ3v) is 8.42. The molecule has 202 valence electrons. The summed E-state index contributed by atoms with van der Waals surface area (Å²) in [5.41, 5.74) is 10.0. The maximum atomic E-state index is 4.99. The average molecular weight is 549 g/mol. The Kier molecular flexibility index (Phi) is 6.05. The molecule has 8 rings (SSSR count). The number of aryl methyl sites for hydroxylation is 1. The first-order valence-corrected chi connectivity index (χ1v) is 14.7. The molecule has 6 aromatic carbocycles. The van der Waals surface area contributed by atoms with Crippen LogP contribution in [0.5, 0.6) is 0 Å².